The number of rotatable bonds is 9. The molecular weight excluding hydrogens is 491 g/mol. The minimum absolute atomic E-state index is 0.555. The molecular formula is C37H31OP. The lowest BCUT2D eigenvalue weighted by atomic mass is 10.0. The Kier molecular flexibility index (Phi) is 7.80. The molecule has 5 aromatic rings. The van der Waals surface area contributed by atoms with Crippen molar-refractivity contribution in [3.8, 4) is 5.75 Å². The monoisotopic (exact) mass is 522 g/mol. The Morgan fingerprint density at radius 2 is 1.15 bits per heavy atom. The number of hydrogen-bond acceptors (Lipinski definition) is 1. The highest BCUT2D eigenvalue weighted by atomic mass is 31.1. The highest BCUT2D eigenvalue weighted by molar-refractivity contribution is 7.80. The number of hydrogen-bond donors (Lipinski definition) is 0. The van der Waals surface area contributed by atoms with Gasteiger partial charge in [-0.05, 0) is 76.6 Å². The Bertz CT molecular complexity index is 1530. The van der Waals surface area contributed by atoms with Gasteiger partial charge in [-0.15, -0.1) is 0 Å². The molecule has 0 radical (unpaired) electrons. The topological polar surface area (TPSA) is 9.23 Å². The minimum atomic E-state index is -0.770. The summed E-state index contributed by atoms with van der Waals surface area (Å²) >= 11 is 0. The highest BCUT2D eigenvalue weighted by Gasteiger charge is 2.23. The summed E-state index contributed by atoms with van der Waals surface area (Å²) in [4.78, 5) is 0. The van der Waals surface area contributed by atoms with Gasteiger partial charge in [-0.3, -0.25) is 0 Å². The second-order valence-corrected chi connectivity index (χ2v) is 12.0. The summed E-state index contributed by atoms with van der Waals surface area (Å²) in [6.45, 7) is 0.555. The van der Waals surface area contributed by atoms with Crippen molar-refractivity contribution >= 4 is 29.4 Å². The van der Waals surface area contributed by atoms with Gasteiger partial charge in [0.2, 0.25) is 0 Å². The van der Waals surface area contributed by atoms with Crippen LogP contribution < -0.4 is 20.7 Å². The molecule has 1 nitrogen and oxygen atoms in total. The summed E-state index contributed by atoms with van der Waals surface area (Å²) in [5.74, 6) is 0.910. The molecule has 39 heavy (non-hydrogen) atoms. The fraction of sp³-hybridized carbons (Fsp3) is 0.0811. The van der Waals surface area contributed by atoms with Crippen LogP contribution in [-0.4, -0.2) is 0 Å². The molecule has 0 N–H and O–H groups in total. The van der Waals surface area contributed by atoms with Crippen molar-refractivity contribution < 1.29 is 4.74 Å². The second kappa shape index (κ2) is 12.1. The summed E-state index contributed by atoms with van der Waals surface area (Å²) in [7, 11) is -0.770. The third kappa shape index (κ3) is 6.11. The van der Waals surface area contributed by atoms with Gasteiger partial charge in [0.1, 0.15) is 12.4 Å². The van der Waals surface area contributed by atoms with Crippen molar-refractivity contribution in [1.82, 2.24) is 0 Å². The molecule has 0 aliphatic heterocycles. The third-order valence-corrected chi connectivity index (χ3v) is 9.51. The van der Waals surface area contributed by atoms with E-state index in [4.69, 9.17) is 4.74 Å². The normalized spacial score (nSPS) is 12.7. The van der Waals surface area contributed by atoms with Crippen LogP contribution in [0.5, 0.6) is 5.75 Å². The number of allylic oxidation sites excluding steroid dienone is 4. The average molecular weight is 523 g/mol. The molecule has 0 unspecified atom stereocenters. The Labute approximate surface area is 232 Å². The van der Waals surface area contributed by atoms with Gasteiger partial charge < -0.3 is 4.74 Å². The highest BCUT2D eigenvalue weighted by Crippen LogP contribution is 2.39. The summed E-state index contributed by atoms with van der Waals surface area (Å²) in [5.41, 5.74) is 6.60. The SMILES string of the molecule is C1=C(Cc2ccccc2)C=C(c2ccc(OCc3ccccc3)cc2P(c2ccccc2)c2ccccc2)C1. The molecule has 190 valence electrons. The van der Waals surface area contributed by atoms with Gasteiger partial charge >= 0.3 is 0 Å². The van der Waals surface area contributed by atoms with E-state index in [2.05, 4.69) is 146 Å². The first-order valence-electron chi connectivity index (χ1n) is 13.5. The van der Waals surface area contributed by atoms with Crippen LogP contribution >= 0.6 is 7.92 Å². The summed E-state index contributed by atoms with van der Waals surface area (Å²) in [6.07, 6.45) is 6.70. The molecule has 0 fully saturated rings. The fourth-order valence-electron chi connectivity index (χ4n) is 5.11. The van der Waals surface area contributed by atoms with Crippen molar-refractivity contribution in [1.29, 1.82) is 0 Å². The largest absolute Gasteiger partial charge is 0.489 e. The number of benzene rings is 5. The molecule has 1 aliphatic carbocycles. The lowest BCUT2D eigenvalue weighted by Crippen LogP contribution is -2.23. The van der Waals surface area contributed by atoms with Crippen molar-refractivity contribution in [2.75, 3.05) is 0 Å². The quantitative estimate of drug-likeness (QED) is 0.178. The zero-order chi connectivity index (χ0) is 26.3. The van der Waals surface area contributed by atoms with Gasteiger partial charge in [-0.2, -0.15) is 0 Å². The molecule has 0 saturated carbocycles. The van der Waals surface area contributed by atoms with E-state index in [0.717, 1.165) is 18.6 Å². The Morgan fingerprint density at radius 3 is 1.77 bits per heavy atom. The molecule has 0 atom stereocenters. The maximum Gasteiger partial charge on any atom is 0.120 e. The predicted octanol–water partition coefficient (Wildman–Crippen LogP) is 7.98. The predicted molar refractivity (Wildman–Crippen MR) is 167 cm³/mol. The van der Waals surface area contributed by atoms with Crippen LogP contribution in [0.25, 0.3) is 5.57 Å². The van der Waals surface area contributed by atoms with Gasteiger partial charge in [0.15, 0.2) is 0 Å². The average Bonchev–Trinajstić information content (AvgIpc) is 3.47. The van der Waals surface area contributed by atoms with Crippen LogP contribution in [0.1, 0.15) is 23.1 Å². The molecule has 1 aliphatic rings. The van der Waals surface area contributed by atoms with E-state index in [1.165, 1.54) is 43.8 Å². The molecule has 0 amide bonds. The molecule has 2 heteroatoms. The van der Waals surface area contributed by atoms with E-state index in [-0.39, 0.29) is 0 Å². The molecule has 0 heterocycles. The Morgan fingerprint density at radius 1 is 0.590 bits per heavy atom. The van der Waals surface area contributed by atoms with Gasteiger partial charge in [0.25, 0.3) is 0 Å². The zero-order valence-electron chi connectivity index (χ0n) is 21.9. The molecule has 0 bridgehead atoms. The fourth-order valence-corrected chi connectivity index (χ4v) is 7.62. The first kappa shape index (κ1) is 25.1. The second-order valence-electron chi connectivity index (χ2n) is 9.77. The molecule has 0 spiro atoms. The third-order valence-electron chi connectivity index (χ3n) is 7.03. The van der Waals surface area contributed by atoms with Gasteiger partial charge in [0.05, 0.1) is 0 Å². The number of ether oxygens (including phenoxy) is 1. The Balaban J connectivity index is 1.40. The van der Waals surface area contributed by atoms with Crippen LogP contribution in [0, 0.1) is 0 Å². The van der Waals surface area contributed by atoms with Gasteiger partial charge in [0, 0.05) is 0 Å². The van der Waals surface area contributed by atoms with Crippen LogP contribution in [0.15, 0.2) is 157 Å². The van der Waals surface area contributed by atoms with Crippen LogP contribution in [-0.2, 0) is 13.0 Å². The van der Waals surface area contributed by atoms with E-state index < -0.39 is 7.92 Å². The molecule has 6 rings (SSSR count). The lowest BCUT2D eigenvalue weighted by Gasteiger charge is -2.24. The van der Waals surface area contributed by atoms with Crippen molar-refractivity contribution in [2.24, 2.45) is 0 Å². The summed E-state index contributed by atoms with van der Waals surface area (Å²) in [6, 6.07) is 49.7. The molecule has 0 saturated heterocycles. The smallest absolute Gasteiger partial charge is 0.120 e. The van der Waals surface area contributed by atoms with Gasteiger partial charge in [-0.1, -0.05) is 140 Å². The molecule has 5 aromatic carbocycles. The van der Waals surface area contributed by atoms with Crippen LogP contribution in [0.4, 0.5) is 0 Å². The van der Waals surface area contributed by atoms with Crippen molar-refractivity contribution in [3.63, 3.8) is 0 Å². The van der Waals surface area contributed by atoms with Crippen LogP contribution in [0.3, 0.4) is 0 Å². The maximum atomic E-state index is 6.35. The minimum Gasteiger partial charge on any atom is -0.489 e. The zero-order valence-corrected chi connectivity index (χ0v) is 22.8. The first-order chi connectivity index (χ1) is 19.3. The van der Waals surface area contributed by atoms with E-state index in [0.29, 0.717) is 6.61 Å². The van der Waals surface area contributed by atoms with Crippen molar-refractivity contribution in [2.45, 2.75) is 19.4 Å². The van der Waals surface area contributed by atoms with E-state index in [9.17, 15) is 0 Å². The Hall–Kier alpha value is -4.19. The van der Waals surface area contributed by atoms with Crippen molar-refractivity contribution in [3.05, 3.63) is 174 Å². The maximum absolute atomic E-state index is 6.35. The first-order valence-corrected chi connectivity index (χ1v) is 14.8. The summed E-state index contributed by atoms with van der Waals surface area (Å²) < 4.78 is 6.35. The van der Waals surface area contributed by atoms with E-state index in [1.54, 1.807) is 0 Å². The lowest BCUT2D eigenvalue weighted by molar-refractivity contribution is 0.306. The standard InChI is InChI=1S/C37H31OP/c1-5-13-29(14-6-1)25-31-21-22-32(26-31)36-24-23-33(38-28-30-15-7-2-8-16-30)27-37(36)39(34-17-9-3-10-18-34)35-19-11-4-12-20-35/h1-21,23-24,26-27H,22,25,28H2. The van der Waals surface area contributed by atoms with E-state index in [1.807, 2.05) is 6.07 Å². The molecule has 0 aromatic heterocycles. The van der Waals surface area contributed by atoms with Gasteiger partial charge in [-0.25, -0.2) is 0 Å². The van der Waals surface area contributed by atoms with E-state index >= 15 is 0 Å². The van der Waals surface area contributed by atoms with Crippen LogP contribution in [0.2, 0.25) is 0 Å². The summed E-state index contributed by atoms with van der Waals surface area (Å²) in [5, 5.41) is 4.03.